The highest BCUT2D eigenvalue weighted by Crippen LogP contribution is 2.22. The molecule has 1 aliphatic heterocycles. The molecule has 22 heavy (non-hydrogen) atoms. The monoisotopic (exact) mass is 299 g/mol. The summed E-state index contributed by atoms with van der Waals surface area (Å²) in [5, 5.41) is 9.77. The molecule has 1 aromatic rings. The first kappa shape index (κ1) is 18.1. The summed E-state index contributed by atoms with van der Waals surface area (Å²) < 4.78 is 0. The van der Waals surface area contributed by atoms with Crippen molar-refractivity contribution in [3.8, 4) is 0 Å². The number of rotatable bonds is 4. The lowest BCUT2D eigenvalue weighted by Gasteiger charge is -2.28. The van der Waals surface area contributed by atoms with E-state index in [2.05, 4.69) is 23.6 Å². The maximum atomic E-state index is 9.77. The number of allylic oxidation sites excluding steroid dienone is 4. The van der Waals surface area contributed by atoms with Gasteiger partial charge in [0.05, 0.1) is 0 Å². The molecule has 2 heteroatoms. The zero-order chi connectivity index (χ0) is 16.2. The second-order valence-electron chi connectivity index (χ2n) is 5.35. The Hall–Kier alpha value is -1.96. The van der Waals surface area contributed by atoms with E-state index >= 15 is 0 Å². The van der Waals surface area contributed by atoms with Crippen LogP contribution in [0.5, 0.6) is 0 Å². The van der Waals surface area contributed by atoms with Crippen LogP contribution >= 0.6 is 0 Å². The predicted octanol–water partition coefficient (Wildman–Crippen LogP) is 5.73. The molecular weight excluding hydrogens is 270 g/mol. The van der Waals surface area contributed by atoms with Crippen LogP contribution < -0.4 is 4.90 Å². The van der Waals surface area contributed by atoms with Crippen molar-refractivity contribution in [1.82, 2.24) is 0 Å². The van der Waals surface area contributed by atoms with E-state index in [1.807, 2.05) is 44.2 Å². The number of aliphatic hydroxyl groups excluding tert-OH is 1. The fourth-order valence-electron chi connectivity index (χ4n) is 2.44. The Kier molecular flexibility index (Phi) is 8.82. The lowest BCUT2D eigenvalue weighted by atomic mass is 10.1. The number of hydrogen-bond donors (Lipinski definition) is 1. The predicted molar refractivity (Wildman–Crippen MR) is 98.4 cm³/mol. The van der Waals surface area contributed by atoms with E-state index in [0.717, 1.165) is 25.1 Å². The van der Waals surface area contributed by atoms with Crippen molar-refractivity contribution in [1.29, 1.82) is 0 Å². The van der Waals surface area contributed by atoms with Gasteiger partial charge in [-0.2, -0.15) is 0 Å². The van der Waals surface area contributed by atoms with Crippen LogP contribution in [0.15, 0.2) is 55.1 Å². The molecule has 0 unspecified atom stereocenters. The van der Waals surface area contributed by atoms with E-state index in [-0.39, 0.29) is 0 Å². The molecule has 0 radical (unpaired) electrons. The highest BCUT2D eigenvalue weighted by molar-refractivity contribution is 5.61. The molecule has 0 atom stereocenters. The summed E-state index contributed by atoms with van der Waals surface area (Å²) in [5.74, 6) is 0.387. The van der Waals surface area contributed by atoms with Crippen LogP contribution in [0.1, 0.15) is 45.1 Å². The molecule has 1 aliphatic rings. The van der Waals surface area contributed by atoms with Crippen LogP contribution in [0.25, 0.3) is 5.76 Å². The average Bonchev–Trinajstić information content (AvgIpc) is 2.57. The van der Waals surface area contributed by atoms with Gasteiger partial charge in [0.25, 0.3) is 0 Å². The smallest absolute Gasteiger partial charge is 0.118 e. The average molecular weight is 299 g/mol. The van der Waals surface area contributed by atoms with E-state index in [0.29, 0.717) is 5.76 Å². The van der Waals surface area contributed by atoms with Crippen LogP contribution in [0.3, 0.4) is 0 Å². The summed E-state index contributed by atoms with van der Waals surface area (Å²) in [4.78, 5) is 2.42. The Balaban J connectivity index is 0.000000422. The first-order valence-corrected chi connectivity index (χ1v) is 8.21. The first-order chi connectivity index (χ1) is 10.7. The Bertz CT molecular complexity index is 479. The van der Waals surface area contributed by atoms with E-state index in [1.165, 1.54) is 24.9 Å². The molecule has 0 bridgehead atoms. The van der Waals surface area contributed by atoms with Crippen LogP contribution in [-0.2, 0) is 0 Å². The van der Waals surface area contributed by atoms with Gasteiger partial charge in [-0.05, 0) is 62.9 Å². The second kappa shape index (κ2) is 10.7. The molecular formula is C20H29NO. The van der Waals surface area contributed by atoms with Gasteiger partial charge >= 0.3 is 0 Å². The number of nitrogens with zero attached hydrogens (tertiary/aromatic N) is 1. The fourth-order valence-corrected chi connectivity index (χ4v) is 2.44. The third-order valence-corrected chi connectivity index (χ3v) is 3.61. The van der Waals surface area contributed by atoms with E-state index < -0.39 is 0 Å². The molecule has 0 spiro atoms. The molecule has 1 N–H and O–H groups in total. The van der Waals surface area contributed by atoms with E-state index in [4.69, 9.17) is 0 Å². The molecule has 2 rings (SSSR count). The molecule has 120 valence electrons. The van der Waals surface area contributed by atoms with Crippen molar-refractivity contribution in [3.63, 3.8) is 0 Å². The quantitative estimate of drug-likeness (QED) is 0.566. The highest BCUT2D eigenvalue weighted by atomic mass is 16.3. The molecule has 1 saturated heterocycles. The lowest BCUT2D eigenvalue weighted by molar-refractivity contribution is 0.509. The Labute approximate surface area is 135 Å². The Morgan fingerprint density at radius 3 is 2.27 bits per heavy atom. The van der Waals surface area contributed by atoms with Crippen molar-refractivity contribution in [2.45, 2.75) is 39.5 Å². The van der Waals surface area contributed by atoms with Gasteiger partial charge in [-0.15, -0.1) is 0 Å². The summed E-state index contributed by atoms with van der Waals surface area (Å²) in [6, 6.07) is 8.23. The number of aliphatic hydroxyl groups is 1. The van der Waals surface area contributed by atoms with Crippen molar-refractivity contribution < 1.29 is 5.11 Å². The molecule has 0 amide bonds. The lowest BCUT2D eigenvalue weighted by Crippen LogP contribution is -2.29. The number of benzene rings is 1. The van der Waals surface area contributed by atoms with Gasteiger partial charge < -0.3 is 10.0 Å². The molecule has 1 fully saturated rings. The van der Waals surface area contributed by atoms with Crippen LogP contribution in [0.2, 0.25) is 0 Å². The Morgan fingerprint density at radius 2 is 1.82 bits per heavy atom. The summed E-state index contributed by atoms with van der Waals surface area (Å²) >= 11 is 0. The maximum absolute atomic E-state index is 9.77. The standard InChI is InChI=1S/C15H21NO.C5H8/c1-2-6-15(17)13-7-9-14(10-8-13)16-11-4-3-5-12-16;1-3-5-4-2/h6-10,17H,2-5,11-12H2,1H3;3-5H,1H2,2H3/b15-6+;5-4-. The maximum Gasteiger partial charge on any atom is 0.118 e. The number of piperidine rings is 1. The number of hydrogen-bond acceptors (Lipinski definition) is 2. The van der Waals surface area contributed by atoms with E-state index in [1.54, 1.807) is 6.08 Å². The SMILES string of the molecule is C=C/C=C\C.CC/C=C(/O)c1ccc(N2CCCCC2)cc1. The van der Waals surface area contributed by atoms with Crippen molar-refractivity contribution in [2.75, 3.05) is 18.0 Å². The van der Waals surface area contributed by atoms with Gasteiger partial charge in [-0.3, -0.25) is 0 Å². The molecule has 0 aromatic heterocycles. The van der Waals surface area contributed by atoms with Crippen molar-refractivity contribution in [2.24, 2.45) is 0 Å². The summed E-state index contributed by atoms with van der Waals surface area (Å²) in [6.07, 6.45) is 12.2. The highest BCUT2D eigenvalue weighted by Gasteiger charge is 2.10. The molecule has 0 saturated carbocycles. The van der Waals surface area contributed by atoms with Crippen LogP contribution in [0, 0.1) is 0 Å². The van der Waals surface area contributed by atoms with E-state index in [9.17, 15) is 5.11 Å². The largest absolute Gasteiger partial charge is 0.508 e. The molecule has 2 nitrogen and oxygen atoms in total. The first-order valence-electron chi connectivity index (χ1n) is 8.21. The number of anilines is 1. The second-order valence-corrected chi connectivity index (χ2v) is 5.35. The summed E-state index contributed by atoms with van der Waals surface area (Å²) in [5.41, 5.74) is 2.19. The third kappa shape index (κ3) is 6.21. The third-order valence-electron chi connectivity index (χ3n) is 3.61. The minimum atomic E-state index is 0.387. The van der Waals surface area contributed by atoms with Gasteiger partial charge in [0, 0.05) is 24.3 Å². The zero-order valence-corrected chi connectivity index (χ0v) is 14.0. The van der Waals surface area contributed by atoms with Crippen LogP contribution in [0.4, 0.5) is 5.69 Å². The zero-order valence-electron chi connectivity index (χ0n) is 14.0. The normalized spacial score (nSPS) is 15.4. The van der Waals surface area contributed by atoms with Gasteiger partial charge in [-0.25, -0.2) is 0 Å². The topological polar surface area (TPSA) is 23.5 Å². The minimum absolute atomic E-state index is 0.387. The van der Waals surface area contributed by atoms with Gasteiger partial charge in [-0.1, -0.05) is 31.7 Å². The van der Waals surface area contributed by atoms with Gasteiger partial charge in [0.15, 0.2) is 0 Å². The van der Waals surface area contributed by atoms with Crippen molar-refractivity contribution >= 4 is 11.4 Å². The molecule has 0 aliphatic carbocycles. The van der Waals surface area contributed by atoms with Crippen LogP contribution in [-0.4, -0.2) is 18.2 Å². The van der Waals surface area contributed by atoms with Crippen molar-refractivity contribution in [3.05, 3.63) is 60.7 Å². The molecule has 1 aromatic carbocycles. The minimum Gasteiger partial charge on any atom is -0.508 e. The molecule has 1 heterocycles. The van der Waals surface area contributed by atoms with Gasteiger partial charge in [0.2, 0.25) is 0 Å². The fraction of sp³-hybridized carbons (Fsp3) is 0.400. The Morgan fingerprint density at radius 1 is 1.18 bits per heavy atom. The summed E-state index contributed by atoms with van der Waals surface area (Å²) in [7, 11) is 0. The van der Waals surface area contributed by atoms with Gasteiger partial charge in [0.1, 0.15) is 5.76 Å². The summed E-state index contributed by atoms with van der Waals surface area (Å²) in [6.45, 7) is 9.78.